The van der Waals surface area contributed by atoms with E-state index in [2.05, 4.69) is 18.2 Å². The van der Waals surface area contributed by atoms with Gasteiger partial charge in [0.2, 0.25) is 0 Å². The molecular formula is C12H14ClFN2S. The molecule has 0 aliphatic rings. The largest absolute Gasteiger partial charge is 0.323 e. The first kappa shape index (κ1) is 12.7. The minimum atomic E-state index is -0.288. The molecule has 0 saturated carbocycles. The van der Waals surface area contributed by atoms with Crippen LogP contribution in [0.3, 0.4) is 0 Å². The molecule has 1 aromatic carbocycles. The van der Waals surface area contributed by atoms with Gasteiger partial charge < -0.3 is 4.57 Å². The standard InChI is InChI=1S/C12H14ClFN2S/c1-8(7-17-2)16-10-5-3-4-9(14)12(10)15-11(16)6-13/h3-5,8H,6-7H2,1-2H3. The lowest BCUT2D eigenvalue weighted by Gasteiger charge is -2.15. The van der Waals surface area contributed by atoms with Crippen molar-refractivity contribution < 1.29 is 4.39 Å². The van der Waals surface area contributed by atoms with Gasteiger partial charge in [0.05, 0.1) is 11.4 Å². The van der Waals surface area contributed by atoms with Crippen molar-refractivity contribution in [2.75, 3.05) is 12.0 Å². The molecule has 1 atom stereocenters. The molecule has 0 aliphatic heterocycles. The van der Waals surface area contributed by atoms with Gasteiger partial charge in [0, 0.05) is 11.8 Å². The average Bonchev–Trinajstić information content (AvgIpc) is 2.69. The van der Waals surface area contributed by atoms with Gasteiger partial charge in [-0.2, -0.15) is 11.8 Å². The Balaban J connectivity index is 2.62. The second kappa shape index (κ2) is 5.27. The molecule has 17 heavy (non-hydrogen) atoms. The molecule has 2 nitrogen and oxygen atoms in total. The fraction of sp³-hybridized carbons (Fsp3) is 0.417. The minimum Gasteiger partial charge on any atom is -0.323 e. The van der Waals surface area contributed by atoms with E-state index in [0.717, 1.165) is 17.1 Å². The molecule has 0 spiro atoms. The van der Waals surface area contributed by atoms with Gasteiger partial charge in [0.1, 0.15) is 11.3 Å². The second-order valence-corrected chi connectivity index (χ2v) is 5.12. The number of rotatable bonds is 4. The van der Waals surface area contributed by atoms with E-state index in [4.69, 9.17) is 11.6 Å². The first-order valence-corrected chi connectivity index (χ1v) is 7.32. The summed E-state index contributed by atoms with van der Waals surface area (Å²) in [5.74, 6) is 1.69. The number of alkyl halides is 1. The van der Waals surface area contributed by atoms with Gasteiger partial charge in [-0.05, 0) is 25.3 Å². The van der Waals surface area contributed by atoms with Gasteiger partial charge in [-0.1, -0.05) is 6.07 Å². The number of para-hydroxylation sites is 1. The van der Waals surface area contributed by atoms with Gasteiger partial charge >= 0.3 is 0 Å². The van der Waals surface area contributed by atoms with Crippen LogP contribution >= 0.6 is 23.4 Å². The van der Waals surface area contributed by atoms with E-state index < -0.39 is 0 Å². The fourth-order valence-corrected chi connectivity index (χ4v) is 2.85. The Morgan fingerprint density at radius 1 is 1.53 bits per heavy atom. The van der Waals surface area contributed by atoms with Crippen LogP contribution in [0.25, 0.3) is 11.0 Å². The third kappa shape index (κ3) is 2.29. The maximum atomic E-state index is 13.6. The third-order valence-electron chi connectivity index (χ3n) is 2.71. The highest BCUT2D eigenvalue weighted by atomic mass is 35.5. The first-order chi connectivity index (χ1) is 8.19. The molecule has 0 bridgehead atoms. The van der Waals surface area contributed by atoms with Crippen LogP contribution in [0.1, 0.15) is 18.8 Å². The van der Waals surface area contributed by atoms with Crippen molar-refractivity contribution in [2.24, 2.45) is 0 Å². The smallest absolute Gasteiger partial charge is 0.151 e. The summed E-state index contributed by atoms with van der Waals surface area (Å²) in [4.78, 5) is 4.28. The predicted molar refractivity (Wildman–Crippen MR) is 72.3 cm³/mol. The molecule has 0 amide bonds. The summed E-state index contributed by atoms with van der Waals surface area (Å²) in [6.07, 6.45) is 2.05. The van der Waals surface area contributed by atoms with Crippen molar-refractivity contribution in [1.82, 2.24) is 9.55 Å². The number of benzene rings is 1. The number of hydrogen-bond acceptors (Lipinski definition) is 2. The van der Waals surface area contributed by atoms with Crippen LogP contribution < -0.4 is 0 Å². The molecular weight excluding hydrogens is 259 g/mol. The number of halogens is 2. The van der Waals surface area contributed by atoms with Crippen molar-refractivity contribution in [3.63, 3.8) is 0 Å². The Labute approximate surface area is 109 Å². The zero-order valence-corrected chi connectivity index (χ0v) is 11.4. The van der Waals surface area contributed by atoms with E-state index in [-0.39, 0.29) is 11.9 Å². The summed E-state index contributed by atoms with van der Waals surface area (Å²) in [5.41, 5.74) is 1.23. The monoisotopic (exact) mass is 272 g/mol. The highest BCUT2D eigenvalue weighted by molar-refractivity contribution is 7.98. The summed E-state index contributed by atoms with van der Waals surface area (Å²) in [6.45, 7) is 2.10. The van der Waals surface area contributed by atoms with E-state index in [9.17, 15) is 4.39 Å². The van der Waals surface area contributed by atoms with Crippen molar-refractivity contribution in [1.29, 1.82) is 0 Å². The summed E-state index contributed by atoms with van der Waals surface area (Å²) in [5, 5.41) is 0. The molecule has 0 aliphatic carbocycles. The van der Waals surface area contributed by atoms with Gasteiger partial charge in [0.25, 0.3) is 0 Å². The van der Waals surface area contributed by atoms with E-state index >= 15 is 0 Å². The molecule has 0 N–H and O–H groups in total. The average molecular weight is 273 g/mol. The lowest BCUT2D eigenvalue weighted by Crippen LogP contribution is -2.10. The quantitative estimate of drug-likeness (QED) is 0.787. The van der Waals surface area contributed by atoms with Crippen LogP contribution in [-0.4, -0.2) is 21.6 Å². The molecule has 1 unspecified atom stereocenters. The molecule has 1 heterocycles. The summed E-state index contributed by atoms with van der Waals surface area (Å²) in [7, 11) is 0. The Morgan fingerprint density at radius 3 is 2.94 bits per heavy atom. The molecule has 5 heteroatoms. The van der Waals surface area contributed by atoms with Crippen molar-refractivity contribution in [3.05, 3.63) is 29.8 Å². The van der Waals surface area contributed by atoms with Gasteiger partial charge in [-0.3, -0.25) is 0 Å². The van der Waals surface area contributed by atoms with Crippen molar-refractivity contribution >= 4 is 34.4 Å². The zero-order valence-electron chi connectivity index (χ0n) is 9.78. The number of fused-ring (bicyclic) bond motifs is 1. The number of nitrogens with zero attached hydrogens (tertiary/aromatic N) is 2. The lowest BCUT2D eigenvalue weighted by atomic mass is 10.3. The Kier molecular flexibility index (Phi) is 3.94. The van der Waals surface area contributed by atoms with E-state index in [1.807, 2.05) is 10.6 Å². The van der Waals surface area contributed by atoms with Crippen LogP contribution in [0.15, 0.2) is 18.2 Å². The van der Waals surface area contributed by atoms with Crippen molar-refractivity contribution in [2.45, 2.75) is 18.8 Å². The molecule has 2 aromatic rings. The summed E-state index contributed by atoms with van der Waals surface area (Å²) >= 11 is 7.64. The van der Waals surface area contributed by atoms with E-state index in [1.165, 1.54) is 6.07 Å². The Bertz CT molecular complexity index is 526. The highest BCUT2D eigenvalue weighted by Gasteiger charge is 2.16. The van der Waals surface area contributed by atoms with Gasteiger partial charge in [-0.25, -0.2) is 9.37 Å². The van der Waals surface area contributed by atoms with Gasteiger partial charge in [0.15, 0.2) is 5.82 Å². The number of thioether (sulfide) groups is 1. The predicted octanol–water partition coefficient (Wildman–Crippen LogP) is 3.84. The zero-order chi connectivity index (χ0) is 12.4. The summed E-state index contributed by atoms with van der Waals surface area (Å²) < 4.78 is 15.7. The minimum absolute atomic E-state index is 0.255. The van der Waals surface area contributed by atoms with Crippen LogP contribution in [0, 0.1) is 5.82 Å². The number of aromatic nitrogens is 2. The molecule has 92 valence electrons. The topological polar surface area (TPSA) is 17.8 Å². The van der Waals surface area contributed by atoms with E-state index in [0.29, 0.717) is 11.4 Å². The molecule has 0 saturated heterocycles. The maximum absolute atomic E-state index is 13.6. The second-order valence-electron chi connectivity index (χ2n) is 3.94. The van der Waals surface area contributed by atoms with Crippen LogP contribution in [0.4, 0.5) is 4.39 Å². The molecule has 0 fully saturated rings. The molecule has 0 radical (unpaired) electrons. The normalized spacial score (nSPS) is 13.2. The number of imidazole rings is 1. The molecule has 2 rings (SSSR count). The van der Waals surface area contributed by atoms with Crippen molar-refractivity contribution in [3.8, 4) is 0 Å². The maximum Gasteiger partial charge on any atom is 0.151 e. The third-order valence-corrected chi connectivity index (χ3v) is 3.77. The van der Waals surface area contributed by atoms with Crippen LogP contribution in [0.5, 0.6) is 0 Å². The molecule has 1 aromatic heterocycles. The Hall–Kier alpha value is -0.740. The lowest BCUT2D eigenvalue weighted by molar-refractivity contribution is 0.606. The fourth-order valence-electron chi connectivity index (χ4n) is 2.03. The SMILES string of the molecule is CSCC(C)n1c(CCl)nc2c(F)cccc21. The van der Waals surface area contributed by atoms with Gasteiger partial charge in [-0.15, -0.1) is 11.6 Å². The summed E-state index contributed by atoms with van der Waals surface area (Å²) in [6, 6.07) is 5.28. The van der Waals surface area contributed by atoms with Crippen LogP contribution in [0.2, 0.25) is 0 Å². The number of hydrogen-bond donors (Lipinski definition) is 0. The first-order valence-electron chi connectivity index (χ1n) is 5.39. The highest BCUT2D eigenvalue weighted by Crippen LogP contribution is 2.25. The van der Waals surface area contributed by atoms with E-state index in [1.54, 1.807) is 17.8 Å². The van der Waals surface area contributed by atoms with Crippen LogP contribution in [-0.2, 0) is 5.88 Å². The Morgan fingerprint density at radius 2 is 2.29 bits per heavy atom.